The highest BCUT2D eigenvalue weighted by atomic mass is 16.3. The first-order valence-corrected chi connectivity index (χ1v) is 33.4. The van der Waals surface area contributed by atoms with Crippen molar-refractivity contribution < 1.29 is 40.9 Å². The van der Waals surface area contributed by atoms with E-state index in [1.807, 2.05) is 133 Å². The van der Waals surface area contributed by atoms with Crippen molar-refractivity contribution >= 4 is 64.6 Å². The molecule has 8 N–H and O–H groups in total. The summed E-state index contributed by atoms with van der Waals surface area (Å²) in [5.74, 6) is 2.06. The fraction of sp³-hybridized carbons (Fsp3) is 0.116. The second-order valence-electron chi connectivity index (χ2n) is 26.5. The van der Waals surface area contributed by atoms with Crippen LogP contribution in [0.5, 0.6) is 46.0 Å². The van der Waals surface area contributed by atoms with Gasteiger partial charge in [0.2, 0.25) is 0 Å². The molecule has 0 aliphatic heterocycles. The van der Waals surface area contributed by atoms with Crippen molar-refractivity contribution in [3.63, 3.8) is 0 Å². The van der Waals surface area contributed by atoms with Crippen LogP contribution in [0.4, 0.5) is 0 Å². The Balaban J connectivity index is 0.000000147. The van der Waals surface area contributed by atoms with Crippen LogP contribution in [0.1, 0.15) is 94.5 Å². The van der Waals surface area contributed by atoms with Gasteiger partial charge in [-0.1, -0.05) is 268 Å². The molecule has 0 bridgehead atoms. The van der Waals surface area contributed by atoms with Gasteiger partial charge in [-0.3, -0.25) is 0 Å². The van der Waals surface area contributed by atoms with Crippen molar-refractivity contribution in [2.45, 2.75) is 73.6 Å². The molecule has 0 saturated heterocycles. The maximum atomic E-state index is 10.4. The van der Waals surface area contributed by atoms with E-state index in [-0.39, 0.29) is 79.1 Å². The maximum absolute atomic E-state index is 10.4. The first-order valence-electron chi connectivity index (χ1n) is 33.4. The number of phenolic OH excluding ortho intramolecular Hbond substituents is 8. The average molecular weight is 1360 g/mol. The molecule has 0 saturated carbocycles. The number of benzene rings is 16. The Morgan fingerprint density at radius 3 is 0.786 bits per heavy atom. The topological polar surface area (TPSA) is 162 Å². The predicted octanol–water partition coefficient (Wildman–Crippen LogP) is 24.4. The van der Waals surface area contributed by atoms with Crippen molar-refractivity contribution in [1.29, 1.82) is 0 Å². The first-order chi connectivity index (χ1) is 48.3. The summed E-state index contributed by atoms with van der Waals surface area (Å²) in [4.78, 5) is 0. The standard InChI is InChI=1S/C28H22O2.C24H26O2.2C20H14O2.3CH4/c29-21-13-9-19(10-14-21)17-27-23-5-1-2-6-24(23)28(26-8-4-3-7-25(26)27)18-20-11-15-22(30)16-12-20;1-23(2,19-9-13-21(25)14-10-19)17-5-7-18(8-6-17)24(3,4)20-11-15-22(26)16-12-20;21-19-7-5-15-9-13(1-3-17(15)11-19)14-2-4-18-12-20(22)8-6-16(18)10-14;21-17-11-9-13-5-1-3-7-15(13)19(17)20-16-8-4-2-6-14(16)10-12-18(20)22;;;/h1-16,29-30H,17-18H2;5-16,25-26H,1-4H3;2*1-12,21-22H;3*1H4. The van der Waals surface area contributed by atoms with Crippen LogP contribution < -0.4 is 0 Å². The molecule has 0 aliphatic carbocycles. The third kappa shape index (κ3) is 15.9. The van der Waals surface area contributed by atoms with E-state index in [1.54, 1.807) is 84.9 Å². The number of rotatable bonds is 10. The molecular weight excluding hydrogens is 1270 g/mol. The molecule has 0 atom stereocenters. The van der Waals surface area contributed by atoms with Gasteiger partial charge in [0, 0.05) is 22.0 Å². The van der Waals surface area contributed by atoms with Gasteiger partial charge in [0.05, 0.1) is 0 Å². The lowest BCUT2D eigenvalue weighted by Gasteiger charge is -2.29. The second-order valence-corrected chi connectivity index (χ2v) is 26.5. The summed E-state index contributed by atoms with van der Waals surface area (Å²) < 4.78 is 0. The molecule has 0 unspecified atom stereocenters. The Labute approximate surface area is 603 Å². The van der Waals surface area contributed by atoms with Gasteiger partial charge in [0.25, 0.3) is 0 Å². The molecule has 16 aromatic carbocycles. The van der Waals surface area contributed by atoms with Crippen LogP contribution in [0.25, 0.3) is 86.9 Å². The van der Waals surface area contributed by atoms with Gasteiger partial charge < -0.3 is 40.9 Å². The molecule has 16 rings (SSSR count). The normalized spacial score (nSPS) is 11.1. The van der Waals surface area contributed by atoms with Crippen LogP contribution in [0.15, 0.2) is 315 Å². The molecule has 103 heavy (non-hydrogen) atoms. The summed E-state index contributed by atoms with van der Waals surface area (Å²) in [5.41, 5.74) is 13.1. The second kappa shape index (κ2) is 31.4. The molecule has 0 aliphatic rings. The van der Waals surface area contributed by atoms with Gasteiger partial charge in [-0.25, -0.2) is 0 Å². The Bertz CT molecular complexity index is 5200. The molecule has 8 heteroatoms. The summed E-state index contributed by atoms with van der Waals surface area (Å²) >= 11 is 0. The highest BCUT2D eigenvalue weighted by Gasteiger charge is 2.27. The van der Waals surface area contributed by atoms with E-state index in [1.165, 1.54) is 66.1 Å². The summed E-state index contributed by atoms with van der Waals surface area (Å²) in [7, 11) is 0. The van der Waals surface area contributed by atoms with Gasteiger partial charge in [-0.2, -0.15) is 0 Å². The van der Waals surface area contributed by atoms with Crippen LogP contribution in [-0.4, -0.2) is 40.9 Å². The molecule has 516 valence electrons. The van der Waals surface area contributed by atoms with Gasteiger partial charge in [0.15, 0.2) is 0 Å². The Hall–Kier alpha value is -12.5. The lowest BCUT2D eigenvalue weighted by Crippen LogP contribution is -2.21. The minimum absolute atomic E-state index is 0. The fourth-order valence-electron chi connectivity index (χ4n) is 13.6. The molecule has 0 amide bonds. The SMILES string of the molecule is C.C.C.CC(C)(c1ccc(O)cc1)c1ccc(C(C)(C)c2ccc(O)cc2)cc1.Oc1ccc(Cc2c3ccccc3c(Cc3ccc(O)cc3)c3ccccc23)cc1.Oc1ccc2cc(-c3ccc4cc(O)ccc4c3)ccc2c1.Oc1ccc2ccccc2c1-c1c(O)ccc2ccccc12. The number of fused-ring (bicyclic) bond motifs is 6. The number of aromatic hydroxyl groups is 8. The van der Waals surface area contributed by atoms with E-state index in [0.29, 0.717) is 11.1 Å². The maximum Gasteiger partial charge on any atom is 0.124 e. The average Bonchev–Trinajstić information content (AvgIpc) is 0.758. The molecule has 0 heterocycles. The summed E-state index contributed by atoms with van der Waals surface area (Å²) in [6.07, 6.45) is 1.61. The van der Waals surface area contributed by atoms with Gasteiger partial charge in [0.1, 0.15) is 46.0 Å². The number of hydrogen-bond donors (Lipinski definition) is 8. The molecular formula is C95H88O8. The van der Waals surface area contributed by atoms with E-state index in [4.69, 9.17) is 0 Å². The molecule has 0 fully saturated rings. The Morgan fingerprint density at radius 1 is 0.223 bits per heavy atom. The van der Waals surface area contributed by atoms with Gasteiger partial charge in [-0.15, -0.1) is 0 Å². The third-order valence-electron chi connectivity index (χ3n) is 19.3. The summed E-state index contributed by atoms with van der Waals surface area (Å²) in [6, 6.07) is 102. The number of phenols is 8. The first kappa shape index (κ1) is 73.2. The predicted molar refractivity (Wildman–Crippen MR) is 431 cm³/mol. The molecule has 16 aromatic rings. The van der Waals surface area contributed by atoms with E-state index in [9.17, 15) is 40.9 Å². The summed E-state index contributed by atoms with van der Waals surface area (Å²) in [6.45, 7) is 8.78. The third-order valence-corrected chi connectivity index (χ3v) is 19.3. The van der Waals surface area contributed by atoms with E-state index < -0.39 is 0 Å². The van der Waals surface area contributed by atoms with Crippen LogP contribution in [0, 0.1) is 0 Å². The van der Waals surface area contributed by atoms with Gasteiger partial charge in [-0.05, 0) is 230 Å². The number of hydrogen-bond acceptors (Lipinski definition) is 8. The van der Waals surface area contributed by atoms with Crippen molar-refractivity contribution in [2.75, 3.05) is 0 Å². The highest BCUT2D eigenvalue weighted by molar-refractivity contribution is 6.10. The van der Waals surface area contributed by atoms with Crippen molar-refractivity contribution in [3.05, 3.63) is 360 Å². The largest absolute Gasteiger partial charge is 0.508 e. The van der Waals surface area contributed by atoms with Crippen molar-refractivity contribution in [1.82, 2.24) is 0 Å². The fourth-order valence-corrected chi connectivity index (χ4v) is 13.6. The lowest BCUT2D eigenvalue weighted by atomic mass is 9.74. The van der Waals surface area contributed by atoms with Crippen molar-refractivity contribution in [2.24, 2.45) is 0 Å². The van der Waals surface area contributed by atoms with E-state index in [0.717, 1.165) is 67.1 Å². The monoisotopic (exact) mass is 1360 g/mol. The van der Waals surface area contributed by atoms with Crippen LogP contribution in [0.2, 0.25) is 0 Å². The smallest absolute Gasteiger partial charge is 0.124 e. The van der Waals surface area contributed by atoms with Crippen molar-refractivity contribution in [3.8, 4) is 68.2 Å². The van der Waals surface area contributed by atoms with E-state index in [2.05, 4.69) is 125 Å². The van der Waals surface area contributed by atoms with E-state index >= 15 is 0 Å². The molecule has 0 spiro atoms. The Morgan fingerprint density at radius 2 is 0.466 bits per heavy atom. The van der Waals surface area contributed by atoms with Crippen LogP contribution in [0.3, 0.4) is 0 Å². The zero-order chi connectivity index (χ0) is 69.7. The molecule has 8 nitrogen and oxygen atoms in total. The highest BCUT2D eigenvalue weighted by Crippen LogP contribution is 2.45. The quantitative estimate of drug-likeness (QED) is 0.0628. The minimum Gasteiger partial charge on any atom is -0.508 e. The molecule has 0 radical (unpaired) electrons. The zero-order valence-corrected chi connectivity index (χ0v) is 56.0. The molecule has 0 aromatic heterocycles. The van der Waals surface area contributed by atoms with Crippen LogP contribution >= 0.6 is 0 Å². The zero-order valence-electron chi connectivity index (χ0n) is 56.0. The lowest BCUT2D eigenvalue weighted by molar-refractivity contribution is 0.470. The minimum atomic E-state index is -0.144. The van der Waals surface area contributed by atoms with Gasteiger partial charge >= 0.3 is 0 Å². The Kier molecular flexibility index (Phi) is 22.3. The summed E-state index contributed by atoms with van der Waals surface area (Å²) in [5, 5.41) is 91.5. The van der Waals surface area contributed by atoms with Crippen LogP contribution in [-0.2, 0) is 23.7 Å².